The molecule has 0 radical (unpaired) electrons. The third kappa shape index (κ3) is 3.33. The summed E-state index contributed by atoms with van der Waals surface area (Å²) < 4.78 is 6.41. The number of carbonyl (C=O) groups excluding carboxylic acids is 1. The molecule has 0 atom stereocenters. The summed E-state index contributed by atoms with van der Waals surface area (Å²) in [4.78, 5) is 10.9. The van der Waals surface area contributed by atoms with Crippen LogP contribution in [0.2, 0.25) is 0 Å². The number of ether oxygens (including phenoxy) is 1. The quantitative estimate of drug-likeness (QED) is 0.909. The van der Waals surface area contributed by atoms with Crippen molar-refractivity contribution in [3.8, 4) is 11.5 Å². The van der Waals surface area contributed by atoms with Crippen LogP contribution in [0, 0.1) is 0 Å². The summed E-state index contributed by atoms with van der Waals surface area (Å²) in [6.07, 6.45) is 0. The molecule has 2 rings (SSSR count). The molecule has 2 aromatic rings. The molecule has 0 saturated carbocycles. The van der Waals surface area contributed by atoms with Crippen molar-refractivity contribution >= 4 is 21.8 Å². The van der Waals surface area contributed by atoms with Crippen molar-refractivity contribution < 1.29 is 14.6 Å². The fraction of sp³-hybridized carbons (Fsp3) is 0.0714. The van der Waals surface area contributed by atoms with Gasteiger partial charge in [0.25, 0.3) is 0 Å². The summed E-state index contributed by atoms with van der Waals surface area (Å²) in [6, 6.07) is 11.9. The second kappa shape index (κ2) is 5.86. The predicted octanol–water partition coefficient (Wildman–Crippen LogP) is 2.83. The lowest BCUT2D eigenvalue weighted by Crippen LogP contribution is -2.10. The third-order valence-corrected chi connectivity index (χ3v) is 3.31. The first-order chi connectivity index (χ1) is 9.10. The lowest BCUT2D eigenvalue weighted by molar-refractivity contribution is 0.100. The largest absolute Gasteiger partial charge is 0.457 e. The molecule has 5 heteroatoms. The van der Waals surface area contributed by atoms with Crippen LogP contribution in [0.15, 0.2) is 46.9 Å². The average Bonchev–Trinajstić information content (AvgIpc) is 2.39. The third-order valence-electron chi connectivity index (χ3n) is 2.57. The minimum absolute atomic E-state index is 0.0336. The van der Waals surface area contributed by atoms with E-state index in [1.807, 2.05) is 0 Å². The summed E-state index contributed by atoms with van der Waals surface area (Å²) in [5.41, 5.74) is 6.38. The van der Waals surface area contributed by atoms with E-state index in [1.165, 1.54) is 0 Å². The van der Waals surface area contributed by atoms with Crippen molar-refractivity contribution in [2.75, 3.05) is 0 Å². The second-order valence-electron chi connectivity index (χ2n) is 3.90. The monoisotopic (exact) mass is 321 g/mol. The van der Waals surface area contributed by atoms with Gasteiger partial charge in [-0.05, 0) is 42.0 Å². The van der Waals surface area contributed by atoms with E-state index in [-0.39, 0.29) is 6.61 Å². The van der Waals surface area contributed by atoms with Crippen LogP contribution in [0.25, 0.3) is 0 Å². The van der Waals surface area contributed by atoms with Crippen molar-refractivity contribution in [2.24, 2.45) is 5.73 Å². The van der Waals surface area contributed by atoms with Gasteiger partial charge in [-0.3, -0.25) is 4.79 Å². The van der Waals surface area contributed by atoms with Gasteiger partial charge in [0.05, 0.1) is 6.61 Å². The molecule has 0 aliphatic heterocycles. The Morgan fingerprint density at radius 1 is 1.16 bits per heavy atom. The zero-order valence-corrected chi connectivity index (χ0v) is 11.6. The van der Waals surface area contributed by atoms with Crippen molar-refractivity contribution in [3.05, 3.63) is 58.1 Å². The minimum atomic E-state index is -0.471. The van der Waals surface area contributed by atoms with E-state index in [0.717, 1.165) is 10.0 Å². The smallest absolute Gasteiger partial charge is 0.248 e. The molecule has 3 N–H and O–H groups in total. The van der Waals surface area contributed by atoms with E-state index in [0.29, 0.717) is 17.1 Å². The Morgan fingerprint density at radius 2 is 1.79 bits per heavy atom. The first-order valence-electron chi connectivity index (χ1n) is 5.57. The number of primary amides is 1. The van der Waals surface area contributed by atoms with Gasteiger partial charge < -0.3 is 15.6 Å². The Balaban J connectivity index is 2.16. The van der Waals surface area contributed by atoms with Crippen LogP contribution < -0.4 is 10.5 Å². The molecule has 1 amide bonds. The van der Waals surface area contributed by atoms with Crippen LogP contribution in [0.5, 0.6) is 11.5 Å². The fourth-order valence-electron chi connectivity index (χ4n) is 1.54. The number of rotatable bonds is 4. The molecule has 0 saturated heterocycles. The molecule has 0 fully saturated rings. The maximum absolute atomic E-state index is 10.9. The summed E-state index contributed by atoms with van der Waals surface area (Å²) in [5, 5.41) is 9.07. The Labute approximate surface area is 118 Å². The molecule has 0 unspecified atom stereocenters. The highest BCUT2D eigenvalue weighted by Crippen LogP contribution is 2.27. The zero-order valence-electron chi connectivity index (χ0n) is 9.97. The normalized spacial score (nSPS) is 10.2. The fourth-order valence-corrected chi connectivity index (χ4v) is 2.03. The summed E-state index contributed by atoms with van der Waals surface area (Å²) in [6.45, 7) is -0.0336. The van der Waals surface area contributed by atoms with Crippen LogP contribution >= 0.6 is 15.9 Å². The first kappa shape index (κ1) is 13.6. The Bertz CT molecular complexity index is 596. The van der Waals surface area contributed by atoms with Crippen LogP contribution in [0.3, 0.4) is 0 Å². The van der Waals surface area contributed by atoms with Crippen LogP contribution in [0.1, 0.15) is 15.9 Å². The topological polar surface area (TPSA) is 72.6 Å². The number of hydrogen-bond donors (Lipinski definition) is 2. The Kier molecular flexibility index (Phi) is 4.19. The summed E-state index contributed by atoms with van der Waals surface area (Å²) in [7, 11) is 0. The molecule has 0 heterocycles. The molecule has 0 aromatic heterocycles. The molecule has 0 aliphatic carbocycles. The maximum Gasteiger partial charge on any atom is 0.248 e. The van der Waals surface area contributed by atoms with E-state index in [9.17, 15) is 4.79 Å². The number of benzene rings is 2. The molecular formula is C14H12BrNO3. The van der Waals surface area contributed by atoms with Crippen molar-refractivity contribution in [2.45, 2.75) is 6.61 Å². The highest BCUT2D eigenvalue weighted by atomic mass is 79.9. The van der Waals surface area contributed by atoms with E-state index in [2.05, 4.69) is 15.9 Å². The van der Waals surface area contributed by atoms with Crippen molar-refractivity contribution in [1.29, 1.82) is 0 Å². The second-order valence-corrected chi connectivity index (χ2v) is 4.76. The maximum atomic E-state index is 10.9. The molecule has 0 aliphatic rings. The van der Waals surface area contributed by atoms with Gasteiger partial charge in [0.15, 0.2) is 0 Å². The number of aliphatic hydroxyl groups excluding tert-OH is 1. The SMILES string of the molecule is NC(=O)c1ccc(Oc2ccc(CO)c(Br)c2)cc1. The minimum Gasteiger partial charge on any atom is -0.457 e. The van der Waals surface area contributed by atoms with E-state index in [1.54, 1.807) is 42.5 Å². The van der Waals surface area contributed by atoms with Crippen molar-refractivity contribution in [3.63, 3.8) is 0 Å². The van der Waals surface area contributed by atoms with Gasteiger partial charge >= 0.3 is 0 Å². The molecule has 19 heavy (non-hydrogen) atoms. The standard InChI is InChI=1S/C14H12BrNO3/c15-13-7-12(6-3-10(13)8-17)19-11-4-1-9(2-5-11)14(16)18/h1-7,17H,8H2,(H2,16,18). The molecule has 0 spiro atoms. The number of carbonyl (C=O) groups is 1. The van der Waals surface area contributed by atoms with E-state index >= 15 is 0 Å². The van der Waals surface area contributed by atoms with E-state index in [4.69, 9.17) is 15.6 Å². The average molecular weight is 322 g/mol. The number of nitrogens with two attached hydrogens (primary N) is 1. The molecule has 4 nitrogen and oxygen atoms in total. The predicted molar refractivity (Wildman–Crippen MR) is 75.1 cm³/mol. The van der Waals surface area contributed by atoms with Gasteiger partial charge in [-0.2, -0.15) is 0 Å². The lowest BCUT2D eigenvalue weighted by Gasteiger charge is -2.08. The van der Waals surface area contributed by atoms with Gasteiger partial charge in [0, 0.05) is 10.0 Å². The number of amides is 1. The van der Waals surface area contributed by atoms with Gasteiger partial charge in [-0.25, -0.2) is 0 Å². The first-order valence-corrected chi connectivity index (χ1v) is 6.36. The highest BCUT2D eigenvalue weighted by molar-refractivity contribution is 9.10. The molecular weight excluding hydrogens is 310 g/mol. The van der Waals surface area contributed by atoms with Gasteiger partial charge in [-0.1, -0.05) is 22.0 Å². The molecule has 2 aromatic carbocycles. The zero-order chi connectivity index (χ0) is 13.8. The molecule has 98 valence electrons. The van der Waals surface area contributed by atoms with Crippen LogP contribution in [-0.4, -0.2) is 11.0 Å². The van der Waals surface area contributed by atoms with E-state index < -0.39 is 5.91 Å². The summed E-state index contributed by atoms with van der Waals surface area (Å²) in [5.74, 6) is 0.770. The molecule has 0 bridgehead atoms. The van der Waals surface area contributed by atoms with Gasteiger partial charge in [0.1, 0.15) is 11.5 Å². The number of hydrogen-bond acceptors (Lipinski definition) is 3. The highest BCUT2D eigenvalue weighted by Gasteiger charge is 2.04. The van der Waals surface area contributed by atoms with Gasteiger partial charge in [0.2, 0.25) is 5.91 Å². The summed E-state index contributed by atoms with van der Waals surface area (Å²) >= 11 is 3.35. The lowest BCUT2D eigenvalue weighted by atomic mass is 10.2. The van der Waals surface area contributed by atoms with Gasteiger partial charge in [-0.15, -0.1) is 0 Å². The van der Waals surface area contributed by atoms with Crippen LogP contribution in [0.4, 0.5) is 0 Å². The number of aliphatic hydroxyl groups is 1. The van der Waals surface area contributed by atoms with Crippen molar-refractivity contribution in [1.82, 2.24) is 0 Å². The Hall–Kier alpha value is -1.85. The number of halogens is 1. The Morgan fingerprint density at radius 3 is 2.32 bits per heavy atom. The van der Waals surface area contributed by atoms with Crippen LogP contribution in [-0.2, 0) is 6.61 Å².